The second-order valence-electron chi connectivity index (χ2n) is 3.99. The number of fused-ring (bicyclic) bond motifs is 1. The highest BCUT2D eigenvalue weighted by molar-refractivity contribution is 7.89. The Morgan fingerprint density at radius 1 is 1.44 bits per heavy atom. The number of nitrogens with two attached hydrogens (primary N) is 1. The third kappa shape index (κ3) is 1.92. The van der Waals surface area contributed by atoms with E-state index in [0.29, 0.717) is 0 Å². The second-order valence-corrected chi connectivity index (χ2v) is 5.52. The lowest BCUT2D eigenvalue weighted by Crippen LogP contribution is -2.31. The van der Waals surface area contributed by atoms with Crippen molar-refractivity contribution in [3.05, 3.63) is 23.8 Å². The Balaban J connectivity index is 2.64. The molecule has 0 amide bonds. The quantitative estimate of drug-likeness (QED) is 0.842. The molecule has 4 nitrogen and oxygen atoms in total. The van der Waals surface area contributed by atoms with Gasteiger partial charge in [-0.2, -0.15) is 0 Å². The summed E-state index contributed by atoms with van der Waals surface area (Å²) in [5, 5.41) is 5.24. The van der Waals surface area contributed by atoms with E-state index in [1.807, 2.05) is 13.0 Å². The second kappa shape index (κ2) is 4.07. The zero-order valence-corrected chi connectivity index (χ0v) is 10.1. The third-order valence-corrected chi connectivity index (χ3v) is 3.90. The molecular formula is C11H16N2O2S. The largest absolute Gasteiger partial charge is 0.370 e. The highest BCUT2D eigenvalue weighted by Gasteiger charge is 2.23. The molecule has 0 saturated carbocycles. The normalized spacial score (nSPS) is 16.0. The summed E-state index contributed by atoms with van der Waals surface area (Å²) in [5.74, 6) is 0. The SMILES string of the molecule is CCN1CCCc2cccc(S(N)(=O)=O)c21. The van der Waals surface area contributed by atoms with Crippen LogP contribution in [-0.4, -0.2) is 21.5 Å². The highest BCUT2D eigenvalue weighted by atomic mass is 32.2. The first-order valence-electron chi connectivity index (χ1n) is 5.43. The van der Waals surface area contributed by atoms with Crippen LogP contribution in [-0.2, 0) is 16.4 Å². The molecule has 0 bridgehead atoms. The monoisotopic (exact) mass is 240 g/mol. The van der Waals surface area contributed by atoms with Crippen molar-refractivity contribution in [2.24, 2.45) is 5.14 Å². The number of anilines is 1. The van der Waals surface area contributed by atoms with E-state index in [0.717, 1.165) is 37.2 Å². The van der Waals surface area contributed by atoms with Gasteiger partial charge in [0.2, 0.25) is 10.0 Å². The average molecular weight is 240 g/mol. The summed E-state index contributed by atoms with van der Waals surface area (Å²) < 4.78 is 23.0. The molecule has 0 aliphatic carbocycles. The number of primary sulfonamides is 1. The molecule has 1 aliphatic rings. The molecule has 1 aromatic rings. The van der Waals surface area contributed by atoms with Crippen LogP contribution in [0, 0.1) is 0 Å². The molecule has 2 N–H and O–H groups in total. The molecule has 1 heterocycles. The van der Waals surface area contributed by atoms with Crippen molar-refractivity contribution in [1.29, 1.82) is 0 Å². The number of nitrogens with zero attached hydrogens (tertiary/aromatic N) is 1. The van der Waals surface area contributed by atoms with E-state index >= 15 is 0 Å². The van der Waals surface area contributed by atoms with Gasteiger partial charge < -0.3 is 4.90 Å². The fourth-order valence-electron chi connectivity index (χ4n) is 2.25. The lowest BCUT2D eigenvalue weighted by atomic mass is 10.0. The van der Waals surface area contributed by atoms with Gasteiger partial charge in [0.15, 0.2) is 0 Å². The van der Waals surface area contributed by atoms with Crippen LogP contribution in [0.25, 0.3) is 0 Å². The standard InChI is InChI=1S/C11H16N2O2S/c1-2-13-8-4-6-9-5-3-7-10(11(9)13)16(12,14)15/h3,5,7H,2,4,6,8H2,1H3,(H2,12,14,15). The fraction of sp³-hybridized carbons (Fsp3) is 0.455. The molecule has 88 valence electrons. The van der Waals surface area contributed by atoms with E-state index in [2.05, 4.69) is 4.90 Å². The fourth-order valence-corrected chi connectivity index (χ4v) is 3.04. The zero-order chi connectivity index (χ0) is 11.8. The summed E-state index contributed by atoms with van der Waals surface area (Å²) in [7, 11) is -3.63. The van der Waals surface area contributed by atoms with Gasteiger partial charge in [0.25, 0.3) is 0 Å². The van der Waals surface area contributed by atoms with E-state index in [9.17, 15) is 8.42 Å². The number of rotatable bonds is 2. The van der Waals surface area contributed by atoms with Crippen LogP contribution < -0.4 is 10.0 Å². The molecule has 0 radical (unpaired) electrons. The maximum absolute atomic E-state index is 11.5. The van der Waals surface area contributed by atoms with Crippen LogP contribution >= 0.6 is 0 Å². The predicted octanol–water partition coefficient (Wildman–Crippen LogP) is 1.11. The number of para-hydroxylation sites is 1. The minimum absolute atomic E-state index is 0.256. The summed E-state index contributed by atoms with van der Waals surface area (Å²) in [5.41, 5.74) is 1.89. The van der Waals surface area contributed by atoms with Gasteiger partial charge in [0, 0.05) is 13.1 Å². The molecule has 2 rings (SSSR count). The smallest absolute Gasteiger partial charge is 0.240 e. The summed E-state index contributed by atoms with van der Waals surface area (Å²) in [6.07, 6.45) is 1.99. The van der Waals surface area contributed by atoms with E-state index in [1.165, 1.54) is 0 Å². The van der Waals surface area contributed by atoms with Gasteiger partial charge in [-0.1, -0.05) is 12.1 Å². The van der Waals surface area contributed by atoms with Crippen molar-refractivity contribution in [2.45, 2.75) is 24.7 Å². The Hall–Kier alpha value is -1.07. The van der Waals surface area contributed by atoms with Gasteiger partial charge in [-0.05, 0) is 31.4 Å². The minimum atomic E-state index is -3.63. The molecule has 5 heteroatoms. The number of benzene rings is 1. The van der Waals surface area contributed by atoms with Crippen molar-refractivity contribution < 1.29 is 8.42 Å². The van der Waals surface area contributed by atoms with E-state index in [-0.39, 0.29) is 4.90 Å². The molecule has 0 saturated heterocycles. The average Bonchev–Trinajstić information content (AvgIpc) is 2.26. The van der Waals surface area contributed by atoms with Crippen LogP contribution in [0.3, 0.4) is 0 Å². The molecule has 16 heavy (non-hydrogen) atoms. The Bertz CT molecular complexity index is 497. The van der Waals surface area contributed by atoms with Crippen molar-refractivity contribution >= 4 is 15.7 Å². The van der Waals surface area contributed by atoms with Crippen LogP contribution in [0.2, 0.25) is 0 Å². The van der Waals surface area contributed by atoms with Crippen molar-refractivity contribution in [3.63, 3.8) is 0 Å². The van der Waals surface area contributed by atoms with Crippen molar-refractivity contribution in [3.8, 4) is 0 Å². The van der Waals surface area contributed by atoms with Crippen LogP contribution in [0.15, 0.2) is 23.1 Å². The summed E-state index contributed by atoms with van der Waals surface area (Å²) >= 11 is 0. The Kier molecular flexibility index (Phi) is 2.90. The first-order valence-corrected chi connectivity index (χ1v) is 6.98. The number of sulfonamides is 1. The van der Waals surface area contributed by atoms with Crippen molar-refractivity contribution in [1.82, 2.24) is 0 Å². The minimum Gasteiger partial charge on any atom is -0.370 e. The molecule has 1 aromatic carbocycles. The molecule has 0 fully saturated rings. The van der Waals surface area contributed by atoms with Gasteiger partial charge in [0.05, 0.1) is 5.69 Å². The maximum Gasteiger partial charge on any atom is 0.240 e. The van der Waals surface area contributed by atoms with Crippen molar-refractivity contribution in [2.75, 3.05) is 18.0 Å². The van der Waals surface area contributed by atoms with E-state index < -0.39 is 10.0 Å². The van der Waals surface area contributed by atoms with Gasteiger partial charge in [0.1, 0.15) is 4.90 Å². The van der Waals surface area contributed by atoms with Crippen LogP contribution in [0.5, 0.6) is 0 Å². The van der Waals surface area contributed by atoms with E-state index in [4.69, 9.17) is 5.14 Å². The molecular weight excluding hydrogens is 224 g/mol. The Morgan fingerprint density at radius 3 is 2.81 bits per heavy atom. The first-order chi connectivity index (χ1) is 7.54. The maximum atomic E-state index is 11.5. The molecule has 0 atom stereocenters. The molecule has 0 aromatic heterocycles. The number of aryl methyl sites for hydroxylation is 1. The topological polar surface area (TPSA) is 63.4 Å². The lowest BCUT2D eigenvalue weighted by Gasteiger charge is -2.31. The van der Waals surface area contributed by atoms with Gasteiger partial charge in [-0.15, -0.1) is 0 Å². The zero-order valence-electron chi connectivity index (χ0n) is 9.31. The summed E-state index contributed by atoms with van der Waals surface area (Å²) in [6, 6.07) is 5.33. The Labute approximate surface area is 96.1 Å². The Morgan fingerprint density at radius 2 is 2.19 bits per heavy atom. The van der Waals surface area contributed by atoms with Gasteiger partial charge in [-0.25, -0.2) is 13.6 Å². The van der Waals surface area contributed by atoms with Gasteiger partial charge in [-0.3, -0.25) is 0 Å². The lowest BCUT2D eigenvalue weighted by molar-refractivity contribution is 0.596. The van der Waals surface area contributed by atoms with Gasteiger partial charge >= 0.3 is 0 Å². The molecule has 0 unspecified atom stereocenters. The highest BCUT2D eigenvalue weighted by Crippen LogP contribution is 2.32. The predicted molar refractivity (Wildman–Crippen MR) is 64.0 cm³/mol. The third-order valence-electron chi connectivity index (χ3n) is 2.96. The molecule has 1 aliphatic heterocycles. The summed E-state index contributed by atoms with van der Waals surface area (Å²) in [6.45, 7) is 3.73. The number of hydrogen-bond acceptors (Lipinski definition) is 3. The first kappa shape index (κ1) is 11.4. The van der Waals surface area contributed by atoms with Crippen LogP contribution in [0.1, 0.15) is 18.9 Å². The van der Waals surface area contributed by atoms with Crippen LogP contribution in [0.4, 0.5) is 5.69 Å². The molecule has 0 spiro atoms. The van der Waals surface area contributed by atoms with E-state index in [1.54, 1.807) is 12.1 Å². The summed E-state index contributed by atoms with van der Waals surface area (Å²) in [4.78, 5) is 2.34. The number of hydrogen-bond donors (Lipinski definition) is 1.